The molecule has 0 unspecified atom stereocenters. The second kappa shape index (κ2) is 5.09. The topological polar surface area (TPSA) is 32.6 Å². The highest BCUT2D eigenvalue weighted by molar-refractivity contribution is 9.26. The van der Waals surface area contributed by atoms with Crippen molar-refractivity contribution in [1.82, 2.24) is 0 Å². The van der Waals surface area contributed by atoms with Crippen LogP contribution in [0.25, 0.3) is 0 Å². The van der Waals surface area contributed by atoms with Gasteiger partial charge in [-0.15, -0.1) is 0 Å². The molecule has 0 saturated carbocycles. The Morgan fingerprint density at radius 3 is 1.44 bits per heavy atom. The Balaban J connectivity index is 4.01. The van der Waals surface area contributed by atoms with Gasteiger partial charge in [-0.05, 0) is 0 Å². The lowest BCUT2D eigenvalue weighted by Crippen LogP contribution is -2.14. The van der Waals surface area contributed by atoms with Gasteiger partial charge >= 0.3 is 0 Å². The summed E-state index contributed by atoms with van der Waals surface area (Å²) >= 11 is 12.7. The van der Waals surface area contributed by atoms with Gasteiger partial charge in [0.15, 0.2) is 0 Å². The monoisotopic (exact) mass is 385 g/mol. The van der Waals surface area contributed by atoms with Crippen LogP contribution in [-0.2, 0) is 0 Å². The van der Waals surface area contributed by atoms with Crippen LogP contribution in [0, 0.1) is 0 Å². The zero-order chi connectivity index (χ0) is 7.44. The van der Waals surface area contributed by atoms with Crippen molar-refractivity contribution in [1.29, 1.82) is 0 Å². The summed E-state index contributed by atoms with van der Waals surface area (Å²) in [5.41, 5.74) is 0.537. The van der Waals surface area contributed by atoms with Gasteiger partial charge in [0.1, 0.15) is 13.2 Å². The molecule has 0 aliphatic heterocycles. The van der Waals surface area contributed by atoms with Crippen LogP contribution in [0.5, 0.6) is 0 Å². The van der Waals surface area contributed by atoms with Crippen LogP contribution < -0.4 is 0 Å². The summed E-state index contributed by atoms with van der Waals surface area (Å²) < 4.78 is -0.225. The molecule has 1 N–H and O–H groups in total. The standard InChI is InChI=1S/C3H3Br4NO/c4-2(5)1(8-9)3(6)7/h2-3,9H. The van der Waals surface area contributed by atoms with Gasteiger partial charge in [-0.25, -0.2) is 0 Å². The first-order chi connectivity index (χ1) is 4.09. The highest BCUT2D eigenvalue weighted by Gasteiger charge is 2.15. The van der Waals surface area contributed by atoms with Crippen molar-refractivity contribution in [2.75, 3.05) is 0 Å². The summed E-state index contributed by atoms with van der Waals surface area (Å²) in [5, 5.41) is 11.4. The maximum absolute atomic E-state index is 8.33. The van der Waals surface area contributed by atoms with Crippen LogP contribution in [0.2, 0.25) is 0 Å². The number of nitrogens with zero attached hydrogens (tertiary/aromatic N) is 1. The van der Waals surface area contributed by atoms with E-state index < -0.39 is 0 Å². The van der Waals surface area contributed by atoms with Crippen molar-refractivity contribution >= 4 is 69.4 Å². The van der Waals surface area contributed by atoms with E-state index >= 15 is 0 Å². The van der Waals surface area contributed by atoms with Gasteiger partial charge in [0.05, 0.1) is 0 Å². The zero-order valence-electron chi connectivity index (χ0n) is 4.06. The summed E-state index contributed by atoms with van der Waals surface area (Å²) in [7, 11) is 0. The Morgan fingerprint density at radius 1 is 1.11 bits per heavy atom. The fourth-order valence-electron chi connectivity index (χ4n) is 0.183. The predicted molar refractivity (Wildman–Crippen MR) is 52.5 cm³/mol. The first-order valence-electron chi connectivity index (χ1n) is 1.87. The van der Waals surface area contributed by atoms with E-state index in [9.17, 15) is 0 Å². The molecule has 6 heteroatoms. The predicted octanol–water partition coefficient (Wildman–Crippen LogP) is 3.05. The molecule has 0 aliphatic rings. The fourth-order valence-corrected chi connectivity index (χ4v) is 3.02. The van der Waals surface area contributed by atoms with E-state index in [0.29, 0.717) is 5.71 Å². The lowest BCUT2D eigenvalue weighted by molar-refractivity contribution is 0.318. The molecule has 0 amide bonds. The third kappa shape index (κ3) is 3.95. The van der Waals surface area contributed by atoms with E-state index in [-0.39, 0.29) is 7.47 Å². The Bertz CT molecular complexity index is 102. The van der Waals surface area contributed by atoms with Gasteiger partial charge in [-0.1, -0.05) is 68.9 Å². The van der Waals surface area contributed by atoms with Gasteiger partial charge < -0.3 is 5.21 Å². The van der Waals surface area contributed by atoms with E-state index in [1.54, 1.807) is 0 Å². The Morgan fingerprint density at radius 2 is 1.44 bits per heavy atom. The number of oxime groups is 1. The van der Waals surface area contributed by atoms with E-state index in [4.69, 9.17) is 5.21 Å². The average Bonchev–Trinajstić information content (AvgIpc) is 1.64. The van der Waals surface area contributed by atoms with Gasteiger partial charge in [0.25, 0.3) is 0 Å². The highest BCUT2D eigenvalue weighted by atomic mass is 79.9. The number of hydrogen-bond acceptors (Lipinski definition) is 2. The van der Waals surface area contributed by atoms with E-state index in [1.165, 1.54) is 0 Å². The van der Waals surface area contributed by atoms with Gasteiger partial charge in [0.2, 0.25) is 0 Å². The Labute approximate surface area is 86.6 Å². The molecule has 0 atom stereocenters. The number of alkyl halides is 4. The summed E-state index contributed by atoms with van der Waals surface area (Å²) in [5.74, 6) is 0. The molecule has 0 aromatic heterocycles. The molecule has 0 fully saturated rings. The van der Waals surface area contributed by atoms with Crippen LogP contribution in [-0.4, -0.2) is 18.4 Å². The van der Waals surface area contributed by atoms with Crippen LogP contribution >= 0.6 is 63.7 Å². The summed E-state index contributed by atoms with van der Waals surface area (Å²) in [4.78, 5) is 0. The highest BCUT2D eigenvalue weighted by Crippen LogP contribution is 2.20. The first-order valence-corrected chi connectivity index (χ1v) is 5.54. The molecular weight excluding hydrogens is 386 g/mol. The van der Waals surface area contributed by atoms with Crippen molar-refractivity contribution < 1.29 is 5.21 Å². The molecule has 0 heterocycles. The molecule has 0 rings (SSSR count). The van der Waals surface area contributed by atoms with E-state index in [2.05, 4.69) is 68.9 Å². The van der Waals surface area contributed by atoms with Crippen molar-refractivity contribution in [3.05, 3.63) is 0 Å². The average molecular weight is 389 g/mol. The van der Waals surface area contributed by atoms with Crippen LogP contribution in [0.15, 0.2) is 5.16 Å². The molecule has 0 radical (unpaired) electrons. The summed E-state index contributed by atoms with van der Waals surface area (Å²) in [6, 6.07) is 0. The SMILES string of the molecule is ON=C(C(Br)Br)C(Br)Br. The van der Waals surface area contributed by atoms with Crippen LogP contribution in [0.1, 0.15) is 0 Å². The number of halogens is 4. The molecule has 0 aromatic carbocycles. The molecule has 9 heavy (non-hydrogen) atoms. The minimum atomic E-state index is -0.112. The van der Waals surface area contributed by atoms with Crippen LogP contribution in [0.4, 0.5) is 0 Å². The van der Waals surface area contributed by atoms with E-state index in [0.717, 1.165) is 0 Å². The summed E-state index contributed by atoms with van der Waals surface area (Å²) in [6.45, 7) is 0. The molecule has 0 bridgehead atoms. The second-order valence-corrected chi connectivity index (χ2v) is 7.25. The third-order valence-electron chi connectivity index (χ3n) is 0.563. The lowest BCUT2D eigenvalue weighted by atomic mass is 10.5. The van der Waals surface area contributed by atoms with Gasteiger partial charge in [0, 0.05) is 0 Å². The minimum Gasteiger partial charge on any atom is -0.411 e. The molecule has 0 saturated heterocycles. The van der Waals surface area contributed by atoms with Crippen molar-refractivity contribution in [3.63, 3.8) is 0 Å². The third-order valence-corrected chi connectivity index (χ3v) is 2.44. The largest absolute Gasteiger partial charge is 0.411 e. The molecule has 0 aromatic rings. The molecule has 0 spiro atoms. The Kier molecular flexibility index (Phi) is 5.88. The minimum absolute atomic E-state index is 0.112. The summed E-state index contributed by atoms with van der Waals surface area (Å²) in [6.07, 6.45) is 0. The maximum atomic E-state index is 8.33. The van der Waals surface area contributed by atoms with Gasteiger partial charge in [-0.3, -0.25) is 0 Å². The van der Waals surface area contributed by atoms with Crippen molar-refractivity contribution in [2.45, 2.75) is 7.47 Å². The second-order valence-electron chi connectivity index (χ2n) is 1.13. The maximum Gasteiger partial charge on any atom is 0.113 e. The molecule has 2 nitrogen and oxygen atoms in total. The van der Waals surface area contributed by atoms with Crippen molar-refractivity contribution in [2.24, 2.45) is 5.16 Å². The zero-order valence-corrected chi connectivity index (χ0v) is 10.4. The van der Waals surface area contributed by atoms with E-state index in [1.807, 2.05) is 0 Å². The Hall–Kier alpha value is 1.39. The molecule has 0 aliphatic carbocycles. The first kappa shape index (κ1) is 10.4. The normalized spacial score (nSPS) is 10.4. The molecule has 54 valence electrons. The van der Waals surface area contributed by atoms with Crippen LogP contribution in [0.3, 0.4) is 0 Å². The lowest BCUT2D eigenvalue weighted by Gasteiger charge is -2.04. The number of rotatable bonds is 2. The number of hydrogen-bond donors (Lipinski definition) is 1. The fraction of sp³-hybridized carbons (Fsp3) is 0.667. The van der Waals surface area contributed by atoms with Gasteiger partial charge in [-0.2, -0.15) is 0 Å². The quantitative estimate of drug-likeness (QED) is 0.335. The molecular formula is C3H3Br4NO. The van der Waals surface area contributed by atoms with Crippen molar-refractivity contribution in [3.8, 4) is 0 Å². The smallest absolute Gasteiger partial charge is 0.113 e.